The molecule has 0 spiro atoms. The van der Waals surface area contributed by atoms with Crippen LogP contribution in [0.1, 0.15) is 0 Å². The second-order valence-corrected chi connectivity index (χ2v) is 5.93. The summed E-state index contributed by atoms with van der Waals surface area (Å²) in [6.45, 7) is -2.89. The molecule has 0 bridgehead atoms. The van der Waals surface area contributed by atoms with Gasteiger partial charge in [-0.2, -0.15) is 65.9 Å². The molecule has 0 saturated carbocycles. The molecule has 2 nitrogen and oxygen atoms in total. The molecular weight excluding hydrogens is 483 g/mol. The first-order valence-corrected chi connectivity index (χ1v) is 7.29. The van der Waals surface area contributed by atoms with Crippen LogP contribution in [0.3, 0.4) is 0 Å². The average Bonchev–Trinajstić information content (AvgIpc) is 2.59. The molecule has 0 amide bonds. The Morgan fingerprint density at radius 2 is 0.903 bits per heavy atom. The summed E-state index contributed by atoms with van der Waals surface area (Å²) in [6, 6.07) is 3.23. The van der Waals surface area contributed by atoms with Gasteiger partial charge in [0.25, 0.3) is 0 Å². The number of anilines is 1. The minimum Gasteiger partial charge on any atom is -0.487 e. The molecule has 0 aliphatic rings. The largest absolute Gasteiger partial charge is 0.487 e. The molecule has 180 valence electrons. The van der Waals surface area contributed by atoms with Crippen molar-refractivity contribution in [1.82, 2.24) is 0 Å². The third-order valence-corrected chi connectivity index (χ3v) is 3.69. The highest BCUT2D eigenvalue weighted by atomic mass is 19.4. The van der Waals surface area contributed by atoms with Crippen LogP contribution in [-0.4, -0.2) is 48.3 Å². The maximum absolute atomic E-state index is 13.5. The van der Waals surface area contributed by atoms with Crippen molar-refractivity contribution in [3.63, 3.8) is 0 Å². The minimum absolute atomic E-state index is 0.0385. The standard InChI is InChI=1S/C14H8F15NO/c15-8(16,5-31-7-3-1-6(30)2-4-7)9(17,18)10(19,20)11(21,22)12(23,24)13(25,26)14(27,28)29/h1-4H,5,30H2. The molecule has 0 aliphatic heterocycles. The monoisotopic (exact) mass is 491 g/mol. The van der Waals surface area contributed by atoms with E-state index in [0.29, 0.717) is 12.1 Å². The zero-order chi connectivity index (χ0) is 24.9. The lowest BCUT2D eigenvalue weighted by atomic mass is 9.91. The average molecular weight is 491 g/mol. The summed E-state index contributed by atoms with van der Waals surface area (Å²) in [5.74, 6) is -47.5. The molecule has 0 heterocycles. The van der Waals surface area contributed by atoms with Gasteiger partial charge in [0.15, 0.2) is 6.61 Å². The summed E-state index contributed by atoms with van der Waals surface area (Å²) in [4.78, 5) is 0. The number of hydrogen-bond donors (Lipinski definition) is 1. The third-order valence-electron chi connectivity index (χ3n) is 3.69. The summed E-state index contributed by atoms with van der Waals surface area (Å²) >= 11 is 0. The second-order valence-electron chi connectivity index (χ2n) is 5.93. The van der Waals surface area contributed by atoms with E-state index >= 15 is 0 Å². The maximum atomic E-state index is 13.5. The van der Waals surface area contributed by atoms with Crippen molar-refractivity contribution in [1.29, 1.82) is 0 Å². The van der Waals surface area contributed by atoms with E-state index in [1.54, 1.807) is 0 Å². The fourth-order valence-corrected chi connectivity index (χ4v) is 1.83. The summed E-state index contributed by atoms with van der Waals surface area (Å²) in [7, 11) is 0. The Balaban J connectivity index is 3.35. The van der Waals surface area contributed by atoms with Crippen LogP contribution < -0.4 is 10.5 Å². The molecule has 0 saturated heterocycles. The first kappa shape index (κ1) is 26.8. The van der Waals surface area contributed by atoms with Crippen LogP contribution in [0, 0.1) is 0 Å². The molecule has 1 rings (SSSR count). The highest BCUT2D eigenvalue weighted by Crippen LogP contribution is 2.62. The minimum atomic E-state index is -8.31. The van der Waals surface area contributed by atoms with E-state index < -0.39 is 54.1 Å². The second kappa shape index (κ2) is 7.43. The number of alkyl halides is 15. The molecule has 17 heteroatoms. The van der Waals surface area contributed by atoms with Gasteiger partial charge in [-0.25, -0.2) is 0 Å². The molecule has 0 fully saturated rings. The van der Waals surface area contributed by atoms with E-state index in [1.807, 2.05) is 0 Å². The number of rotatable bonds is 8. The van der Waals surface area contributed by atoms with Crippen LogP contribution in [0.25, 0.3) is 0 Å². The van der Waals surface area contributed by atoms with Gasteiger partial charge in [0.05, 0.1) is 0 Å². The number of halogens is 15. The fraction of sp³-hybridized carbons (Fsp3) is 0.571. The summed E-state index contributed by atoms with van der Waals surface area (Å²) in [6.07, 6.45) is -7.63. The van der Waals surface area contributed by atoms with Crippen LogP contribution in [0.5, 0.6) is 5.75 Å². The predicted octanol–water partition coefficient (Wildman–Crippen LogP) is 6.02. The van der Waals surface area contributed by atoms with Crippen molar-refractivity contribution >= 4 is 5.69 Å². The number of ether oxygens (including phenoxy) is 1. The Bertz CT molecular complexity index is 769. The molecule has 0 atom stereocenters. The van der Waals surface area contributed by atoms with E-state index in [4.69, 9.17) is 5.73 Å². The molecule has 31 heavy (non-hydrogen) atoms. The lowest BCUT2D eigenvalue weighted by Crippen LogP contribution is -2.73. The van der Waals surface area contributed by atoms with Gasteiger partial charge in [-0.1, -0.05) is 0 Å². The van der Waals surface area contributed by atoms with Crippen LogP contribution in [0.4, 0.5) is 71.5 Å². The van der Waals surface area contributed by atoms with E-state index in [9.17, 15) is 65.9 Å². The van der Waals surface area contributed by atoms with Crippen molar-refractivity contribution in [3.8, 4) is 5.75 Å². The van der Waals surface area contributed by atoms with Crippen LogP contribution in [0.2, 0.25) is 0 Å². The Morgan fingerprint density at radius 1 is 0.548 bits per heavy atom. The first-order chi connectivity index (χ1) is 13.5. The molecule has 0 aliphatic carbocycles. The van der Waals surface area contributed by atoms with Crippen LogP contribution in [0.15, 0.2) is 24.3 Å². The van der Waals surface area contributed by atoms with Crippen LogP contribution >= 0.6 is 0 Å². The smallest absolute Gasteiger partial charge is 0.460 e. The molecular formula is C14H8F15NO. The number of hydrogen-bond acceptors (Lipinski definition) is 2. The highest BCUT2D eigenvalue weighted by Gasteiger charge is 2.93. The summed E-state index contributed by atoms with van der Waals surface area (Å²) < 4.78 is 199. The van der Waals surface area contributed by atoms with Gasteiger partial charge in [-0.3, -0.25) is 0 Å². The van der Waals surface area contributed by atoms with E-state index in [0.717, 1.165) is 12.1 Å². The SMILES string of the molecule is Nc1ccc(OCC(F)(F)C(F)(F)C(F)(F)C(F)(F)C(F)(F)C(F)(F)C(F)(F)F)cc1. The van der Waals surface area contributed by atoms with E-state index in [-0.39, 0.29) is 5.69 Å². The Morgan fingerprint density at radius 3 is 1.29 bits per heavy atom. The van der Waals surface area contributed by atoms with Gasteiger partial charge in [0.1, 0.15) is 5.75 Å². The Kier molecular flexibility index (Phi) is 6.42. The third kappa shape index (κ3) is 4.02. The van der Waals surface area contributed by atoms with Gasteiger partial charge in [-0.15, -0.1) is 0 Å². The van der Waals surface area contributed by atoms with Gasteiger partial charge >= 0.3 is 41.7 Å². The van der Waals surface area contributed by atoms with Gasteiger partial charge in [0.2, 0.25) is 0 Å². The molecule has 2 N–H and O–H groups in total. The zero-order valence-corrected chi connectivity index (χ0v) is 14.2. The Hall–Kier alpha value is -2.23. The van der Waals surface area contributed by atoms with Crippen LogP contribution in [-0.2, 0) is 0 Å². The van der Waals surface area contributed by atoms with E-state index in [2.05, 4.69) is 4.74 Å². The molecule has 0 radical (unpaired) electrons. The lowest BCUT2D eigenvalue weighted by Gasteiger charge is -2.41. The van der Waals surface area contributed by atoms with Gasteiger partial charge in [-0.05, 0) is 24.3 Å². The number of benzene rings is 1. The predicted molar refractivity (Wildman–Crippen MR) is 72.1 cm³/mol. The first-order valence-electron chi connectivity index (χ1n) is 7.29. The number of nitrogen functional groups attached to an aromatic ring is 1. The van der Waals surface area contributed by atoms with Crippen molar-refractivity contribution in [2.24, 2.45) is 0 Å². The number of nitrogens with two attached hydrogens (primary N) is 1. The molecule has 0 aromatic heterocycles. The summed E-state index contributed by atoms with van der Waals surface area (Å²) in [5, 5.41) is 0. The summed E-state index contributed by atoms with van der Waals surface area (Å²) in [5.41, 5.74) is 5.13. The lowest BCUT2D eigenvalue weighted by molar-refractivity contribution is -0.453. The van der Waals surface area contributed by atoms with Crippen molar-refractivity contribution in [3.05, 3.63) is 24.3 Å². The quantitative estimate of drug-likeness (QED) is 0.357. The zero-order valence-electron chi connectivity index (χ0n) is 14.2. The maximum Gasteiger partial charge on any atom is 0.460 e. The van der Waals surface area contributed by atoms with Gasteiger partial charge < -0.3 is 10.5 Å². The van der Waals surface area contributed by atoms with Crippen molar-refractivity contribution in [2.45, 2.75) is 41.7 Å². The molecule has 0 unspecified atom stereocenters. The highest BCUT2D eigenvalue weighted by molar-refractivity contribution is 5.41. The topological polar surface area (TPSA) is 35.2 Å². The molecule has 1 aromatic rings. The Labute approximate surface area is 161 Å². The molecule has 1 aromatic carbocycles. The van der Waals surface area contributed by atoms with Crippen molar-refractivity contribution < 1.29 is 70.6 Å². The van der Waals surface area contributed by atoms with Crippen molar-refractivity contribution in [2.75, 3.05) is 12.3 Å². The fourth-order valence-electron chi connectivity index (χ4n) is 1.83. The normalized spacial score (nSPS) is 15.2. The van der Waals surface area contributed by atoms with Gasteiger partial charge in [0, 0.05) is 5.69 Å². The van der Waals surface area contributed by atoms with E-state index in [1.165, 1.54) is 0 Å².